The molecular weight excluding hydrogens is 523 g/mol. The molecule has 242 valence electrons. The first-order chi connectivity index (χ1) is 18.6. The molecule has 0 amide bonds. The summed E-state index contributed by atoms with van der Waals surface area (Å²) in [5.41, 5.74) is 0. The van der Waals surface area contributed by atoms with Crippen LogP contribution in [0, 0.1) is 17.8 Å². The largest absolute Gasteiger partial charge is 0.481 e. The molecule has 0 aromatic carbocycles. The molecule has 5 atom stereocenters. The molecule has 1 aliphatic carbocycles. The highest BCUT2D eigenvalue weighted by Crippen LogP contribution is 2.29. The molecule has 2 aliphatic heterocycles. The SMILES string of the molecule is CC.CC(=O)O.CC(=O)OC1CO[C@@H]2CCO[C@H]12.CC(C)CCCC(C)CCCC1CCCCC1.CCCC.P. The highest BCUT2D eigenvalue weighted by molar-refractivity contribution is 6.92. The van der Waals surface area contributed by atoms with Gasteiger partial charge in [0.05, 0.1) is 12.7 Å². The fourth-order valence-electron chi connectivity index (χ4n) is 4.99. The normalized spacial score (nSPS) is 21.8. The number of unbranched alkanes of at least 4 members (excludes halogenated alkanes) is 1. The standard InChI is InChI=1S/C17H34.C8H12O4.C4H10.C2H4O2.C2H6.H3P/c1-15(2)9-7-10-16(3)11-8-14-17-12-5-4-6-13-17;1-5(9)12-7-4-11-6-2-3-10-8(6)7;1-3-4-2;1-2(3)4;1-2;/h15-17H,4-14H2,1-3H3;6-8H,2-4H2,1H3;3-4H2,1-2H3;1H3,(H,3,4);1-2H3;1H3/t;6-,7?,8+;;;;/m.1..../s1. The van der Waals surface area contributed by atoms with Crippen LogP contribution in [-0.4, -0.2) is 48.6 Å². The van der Waals surface area contributed by atoms with E-state index in [1.807, 2.05) is 13.8 Å². The van der Waals surface area contributed by atoms with Crippen LogP contribution in [0.5, 0.6) is 0 Å². The molecule has 3 unspecified atom stereocenters. The number of hydrogen-bond acceptors (Lipinski definition) is 5. The Bertz CT molecular complexity index is 559. The van der Waals surface area contributed by atoms with Crippen LogP contribution in [-0.2, 0) is 23.8 Å². The second-order valence-corrected chi connectivity index (χ2v) is 11.5. The molecule has 0 radical (unpaired) electrons. The van der Waals surface area contributed by atoms with E-state index in [-0.39, 0.29) is 34.2 Å². The van der Waals surface area contributed by atoms with E-state index in [4.69, 9.17) is 24.1 Å². The predicted octanol–water partition coefficient (Wildman–Crippen LogP) is 9.29. The number of aliphatic carboxylic acids is 1. The Hall–Kier alpha value is -0.710. The summed E-state index contributed by atoms with van der Waals surface area (Å²) < 4.78 is 15.8. The predicted molar refractivity (Wildman–Crippen MR) is 174 cm³/mol. The molecule has 0 aromatic heterocycles. The van der Waals surface area contributed by atoms with E-state index in [0.717, 1.165) is 31.1 Å². The lowest BCUT2D eigenvalue weighted by Crippen LogP contribution is -2.31. The van der Waals surface area contributed by atoms with Gasteiger partial charge in [-0.1, -0.05) is 132 Å². The minimum absolute atomic E-state index is 0. The lowest BCUT2D eigenvalue weighted by Gasteiger charge is -2.22. The number of carbonyl (C=O) groups excluding carboxylic acids is 1. The number of fused-ring (bicyclic) bond motifs is 1. The molecule has 0 spiro atoms. The average Bonchev–Trinajstić information content (AvgIpc) is 3.51. The van der Waals surface area contributed by atoms with Crippen molar-refractivity contribution in [3.05, 3.63) is 0 Å². The van der Waals surface area contributed by atoms with E-state index < -0.39 is 5.97 Å². The van der Waals surface area contributed by atoms with Crippen LogP contribution in [0.15, 0.2) is 0 Å². The Balaban J connectivity index is -0.000000517. The first-order valence-electron chi connectivity index (χ1n) is 16.2. The molecule has 0 bridgehead atoms. The number of carboxylic acid groups (broad SMARTS) is 1. The number of hydrogen-bond donors (Lipinski definition) is 1. The van der Waals surface area contributed by atoms with Gasteiger partial charge in [-0.3, -0.25) is 9.59 Å². The maximum absolute atomic E-state index is 10.7. The van der Waals surface area contributed by atoms with Gasteiger partial charge in [0.1, 0.15) is 6.10 Å². The van der Waals surface area contributed by atoms with Crippen LogP contribution in [0.25, 0.3) is 0 Å². The smallest absolute Gasteiger partial charge is 0.303 e. The van der Waals surface area contributed by atoms with Gasteiger partial charge < -0.3 is 19.3 Å². The Labute approximate surface area is 252 Å². The molecule has 3 rings (SSSR count). The number of carboxylic acids is 1. The lowest BCUT2D eigenvalue weighted by atomic mass is 9.84. The third-order valence-corrected chi connectivity index (χ3v) is 7.25. The zero-order valence-electron chi connectivity index (χ0n) is 28.0. The summed E-state index contributed by atoms with van der Waals surface area (Å²) in [5.74, 6) is 1.85. The van der Waals surface area contributed by atoms with Gasteiger partial charge in [-0.25, -0.2) is 0 Å². The van der Waals surface area contributed by atoms with Gasteiger partial charge >= 0.3 is 5.97 Å². The van der Waals surface area contributed by atoms with E-state index in [0.29, 0.717) is 13.2 Å². The number of carbonyl (C=O) groups is 2. The Morgan fingerprint density at radius 2 is 1.43 bits per heavy atom. The van der Waals surface area contributed by atoms with E-state index in [9.17, 15) is 4.79 Å². The minimum atomic E-state index is -0.833. The second-order valence-electron chi connectivity index (χ2n) is 11.5. The summed E-state index contributed by atoms with van der Waals surface area (Å²) in [7, 11) is 0. The molecular formula is C33H69O6P. The first-order valence-corrected chi connectivity index (χ1v) is 16.2. The summed E-state index contributed by atoms with van der Waals surface area (Å²) in [6.07, 6.45) is 19.9. The fourth-order valence-corrected chi connectivity index (χ4v) is 4.99. The van der Waals surface area contributed by atoms with Crippen molar-refractivity contribution in [3.63, 3.8) is 0 Å². The first kappa shape index (κ1) is 43.7. The van der Waals surface area contributed by atoms with Crippen LogP contribution in [0.1, 0.15) is 152 Å². The summed E-state index contributed by atoms with van der Waals surface area (Å²) in [4.78, 5) is 19.7. The molecule has 1 N–H and O–H groups in total. The minimum Gasteiger partial charge on any atom is -0.481 e. The molecule has 2 heterocycles. The van der Waals surface area contributed by atoms with E-state index >= 15 is 0 Å². The fraction of sp³-hybridized carbons (Fsp3) is 0.939. The molecule has 7 heteroatoms. The van der Waals surface area contributed by atoms with Gasteiger partial charge in [-0.05, 0) is 24.2 Å². The van der Waals surface area contributed by atoms with Crippen molar-refractivity contribution in [2.45, 2.75) is 171 Å². The number of rotatable bonds is 10. The zero-order chi connectivity index (χ0) is 30.1. The highest BCUT2D eigenvalue weighted by Gasteiger charge is 2.43. The van der Waals surface area contributed by atoms with Crippen LogP contribution in [0.3, 0.4) is 0 Å². The van der Waals surface area contributed by atoms with Gasteiger partial charge in [-0.2, -0.15) is 9.90 Å². The van der Waals surface area contributed by atoms with Crippen LogP contribution in [0.2, 0.25) is 0 Å². The van der Waals surface area contributed by atoms with E-state index in [1.165, 1.54) is 90.4 Å². The molecule has 3 aliphatic rings. The zero-order valence-corrected chi connectivity index (χ0v) is 29.4. The van der Waals surface area contributed by atoms with E-state index in [2.05, 4.69) is 34.6 Å². The van der Waals surface area contributed by atoms with Crippen molar-refractivity contribution in [3.8, 4) is 0 Å². The number of ether oxygens (including phenoxy) is 3. The van der Waals surface area contributed by atoms with Gasteiger partial charge in [0.25, 0.3) is 5.97 Å². The molecule has 3 fully saturated rings. The van der Waals surface area contributed by atoms with Crippen molar-refractivity contribution in [2.75, 3.05) is 13.2 Å². The Morgan fingerprint density at radius 3 is 1.93 bits per heavy atom. The maximum Gasteiger partial charge on any atom is 0.303 e. The van der Waals surface area contributed by atoms with Crippen molar-refractivity contribution in [2.24, 2.45) is 17.8 Å². The Morgan fingerprint density at radius 1 is 0.875 bits per heavy atom. The van der Waals surface area contributed by atoms with Gasteiger partial charge in [0.2, 0.25) is 0 Å². The third kappa shape index (κ3) is 26.2. The summed E-state index contributed by atoms with van der Waals surface area (Å²) in [6, 6.07) is 0. The lowest BCUT2D eigenvalue weighted by molar-refractivity contribution is -0.150. The molecule has 1 saturated carbocycles. The maximum atomic E-state index is 10.7. The van der Waals surface area contributed by atoms with Crippen molar-refractivity contribution in [1.29, 1.82) is 0 Å². The van der Waals surface area contributed by atoms with Crippen LogP contribution < -0.4 is 0 Å². The van der Waals surface area contributed by atoms with Gasteiger partial charge in [0, 0.05) is 20.5 Å². The molecule has 0 aromatic rings. The Kier molecular flexibility index (Phi) is 32.6. The molecule has 6 nitrogen and oxygen atoms in total. The summed E-state index contributed by atoms with van der Waals surface area (Å²) in [5, 5.41) is 7.42. The quantitative estimate of drug-likeness (QED) is 0.201. The van der Waals surface area contributed by atoms with Gasteiger partial charge in [0.15, 0.2) is 6.10 Å². The monoisotopic (exact) mass is 592 g/mol. The summed E-state index contributed by atoms with van der Waals surface area (Å²) >= 11 is 0. The number of esters is 1. The average molecular weight is 593 g/mol. The second kappa shape index (κ2) is 29.8. The summed E-state index contributed by atoms with van der Waals surface area (Å²) in [6.45, 7) is 19.2. The highest BCUT2D eigenvalue weighted by atomic mass is 31.0. The molecule has 2 saturated heterocycles. The van der Waals surface area contributed by atoms with Crippen molar-refractivity contribution in [1.82, 2.24) is 0 Å². The van der Waals surface area contributed by atoms with Crippen molar-refractivity contribution < 1.29 is 28.9 Å². The van der Waals surface area contributed by atoms with Crippen molar-refractivity contribution >= 4 is 21.8 Å². The molecule has 40 heavy (non-hydrogen) atoms. The topological polar surface area (TPSA) is 82.1 Å². The third-order valence-electron chi connectivity index (χ3n) is 7.25. The van der Waals surface area contributed by atoms with Crippen LogP contribution in [0.4, 0.5) is 0 Å². The van der Waals surface area contributed by atoms with Crippen LogP contribution >= 0.6 is 9.90 Å². The van der Waals surface area contributed by atoms with E-state index in [1.54, 1.807) is 0 Å². The van der Waals surface area contributed by atoms with Gasteiger partial charge in [-0.15, -0.1) is 0 Å².